The lowest BCUT2D eigenvalue weighted by Crippen LogP contribution is -2.46. The lowest BCUT2D eigenvalue weighted by atomic mass is 9.70. The normalized spacial score (nSPS) is 24.1. The van der Waals surface area contributed by atoms with Crippen molar-refractivity contribution >= 4 is 37.0 Å². The molecule has 5 rings (SSSR count). The predicted molar refractivity (Wildman–Crippen MR) is 195 cm³/mol. The molecule has 3 N–H and O–H groups in total. The van der Waals surface area contributed by atoms with Gasteiger partial charge in [0.05, 0.1) is 12.3 Å². The van der Waals surface area contributed by atoms with E-state index in [4.69, 9.17) is 33.7 Å². The third-order valence-electron chi connectivity index (χ3n) is 9.44. The van der Waals surface area contributed by atoms with Crippen molar-refractivity contribution in [3.63, 3.8) is 0 Å². The third-order valence-corrected chi connectivity index (χ3v) is 11.1. The van der Waals surface area contributed by atoms with Crippen LogP contribution in [-0.2, 0) is 53.4 Å². The number of rotatable bonds is 14. The zero-order valence-corrected chi connectivity index (χ0v) is 32.8. The Morgan fingerprint density at radius 2 is 1.72 bits per heavy atom. The lowest BCUT2D eigenvalue weighted by Gasteiger charge is -2.42. The predicted octanol–water partition coefficient (Wildman–Crippen LogP) is 5.28. The summed E-state index contributed by atoms with van der Waals surface area (Å²) >= 11 is 0. The van der Waals surface area contributed by atoms with Crippen LogP contribution in [0.25, 0.3) is 5.52 Å². The van der Waals surface area contributed by atoms with Gasteiger partial charge >= 0.3 is 25.7 Å². The molecule has 1 unspecified atom stereocenters. The fourth-order valence-corrected chi connectivity index (χ4v) is 7.99. The van der Waals surface area contributed by atoms with Crippen LogP contribution >= 0.6 is 7.75 Å². The van der Waals surface area contributed by atoms with E-state index < -0.39 is 62.2 Å². The van der Waals surface area contributed by atoms with Crippen LogP contribution in [0, 0.1) is 16.7 Å². The number of fused-ring (bicyclic) bond motifs is 1. The molecule has 17 heteroatoms. The van der Waals surface area contributed by atoms with Gasteiger partial charge in [-0.2, -0.15) is 15.4 Å². The van der Waals surface area contributed by atoms with Crippen molar-refractivity contribution in [3.05, 3.63) is 54.0 Å². The maximum Gasteiger partial charge on any atom is 0.459 e. The lowest BCUT2D eigenvalue weighted by molar-refractivity contribution is -0.169. The van der Waals surface area contributed by atoms with E-state index in [-0.39, 0.29) is 47.0 Å². The zero-order chi connectivity index (χ0) is 39.6. The maximum absolute atomic E-state index is 14.7. The molecule has 2 aromatic heterocycles. The number of benzene rings is 1. The van der Waals surface area contributed by atoms with Crippen molar-refractivity contribution in [2.45, 2.75) is 123 Å². The van der Waals surface area contributed by atoms with E-state index in [0.717, 1.165) is 5.56 Å². The van der Waals surface area contributed by atoms with Crippen molar-refractivity contribution in [2.24, 2.45) is 5.41 Å². The highest BCUT2D eigenvalue weighted by atomic mass is 31.2. The summed E-state index contributed by atoms with van der Waals surface area (Å²) in [6, 6.07) is 10.9. The molecule has 1 aliphatic heterocycles. The molecule has 0 spiro atoms. The quantitative estimate of drug-likeness (QED) is 0.121. The molecule has 0 amide bonds. The molecule has 1 aromatic carbocycles. The highest BCUT2D eigenvalue weighted by Gasteiger charge is 2.63. The number of anilines is 1. The number of nitrogens with zero attached hydrogens (tertiary/aromatic N) is 4. The molecule has 2 aliphatic rings. The number of nitrogens with one attached hydrogen (secondary N) is 1. The minimum atomic E-state index is -4.50. The number of hydrogen-bond acceptors (Lipinski definition) is 14. The molecular formula is C37H49N6O10P. The van der Waals surface area contributed by atoms with E-state index in [2.05, 4.69) is 35.1 Å². The minimum Gasteiger partial charge on any atom is -0.461 e. The first-order chi connectivity index (χ1) is 25.3. The van der Waals surface area contributed by atoms with Crippen molar-refractivity contribution in [3.8, 4) is 11.8 Å². The Labute approximate surface area is 314 Å². The molecule has 1 saturated heterocycles. The van der Waals surface area contributed by atoms with Gasteiger partial charge in [-0.25, -0.2) is 14.1 Å². The van der Waals surface area contributed by atoms with Gasteiger partial charge in [-0.1, -0.05) is 60.6 Å². The fraction of sp³-hybridized carbons (Fsp3) is 0.568. The molecule has 0 bridgehead atoms. The fourth-order valence-electron chi connectivity index (χ4n) is 6.49. The zero-order valence-electron chi connectivity index (χ0n) is 31.9. The van der Waals surface area contributed by atoms with Gasteiger partial charge in [-0.05, 0) is 60.4 Å². The number of esters is 3. The monoisotopic (exact) mass is 768 g/mol. The van der Waals surface area contributed by atoms with Gasteiger partial charge in [0.1, 0.15) is 41.9 Å². The molecule has 1 aliphatic carbocycles. The van der Waals surface area contributed by atoms with Gasteiger partial charge in [0.2, 0.25) is 5.60 Å². The van der Waals surface area contributed by atoms with E-state index in [9.17, 15) is 24.2 Å². The molecule has 1 saturated carbocycles. The smallest absolute Gasteiger partial charge is 0.459 e. The van der Waals surface area contributed by atoms with Crippen LogP contribution in [0.1, 0.15) is 92.3 Å². The van der Waals surface area contributed by atoms with Crippen LogP contribution in [0.4, 0.5) is 5.82 Å². The molecule has 54 heavy (non-hydrogen) atoms. The second kappa shape index (κ2) is 15.7. The average Bonchev–Trinajstić information content (AvgIpc) is 3.66. The van der Waals surface area contributed by atoms with Crippen LogP contribution < -0.4 is 15.3 Å². The van der Waals surface area contributed by atoms with Crippen LogP contribution in [-0.4, -0.2) is 69.6 Å². The molecule has 6 atom stereocenters. The van der Waals surface area contributed by atoms with Gasteiger partial charge < -0.3 is 29.2 Å². The second-order valence-electron chi connectivity index (χ2n) is 15.4. The van der Waals surface area contributed by atoms with Crippen LogP contribution in [0.3, 0.4) is 0 Å². The largest absolute Gasteiger partial charge is 0.461 e. The Morgan fingerprint density at radius 3 is 2.31 bits per heavy atom. The van der Waals surface area contributed by atoms with E-state index in [1.165, 1.54) is 23.8 Å². The summed E-state index contributed by atoms with van der Waals surface area (Å²) in [6.07, 6.45) is -2.24. The second-order valence-corrected chi connectivity index (χ2v) is 17.1. The topological polar surface area (TPSA) is 216 Å². The Balaban J connectivity index is 1.50. The summed E-state index contributed by atoms with van der Waals surface area (Å²) in [5.41, 5.74) is 5.22. The van der Waals surface area contributed by atoms with Gasteiger partial charge in [0.15, 0.2) is 18.0 Å². The summed E-state index contributed by atoms with van der Waals surface area (Å²) < 4.78 is 51.6. The van der Waals surface area contributed by atoms with Crippen molar-refractivity contribution in [1.29, 1.82) is 5.26 Å². The molecule has 292 valence electrons. The van der Waals surface area contributed by atoms with Gasteiger partial charge in [-0.15, -0.1) is 0 Å². The highest BCUT2D eigenvalue weighted by molar-refractivity contribution is 7.52. The van der Waals surface area contributed by atoms with Crippen LogP contribution in [0.5, 0.6) is 5.75 Å². The summed E-state index contributed by atoms with van der Waals surface area (Å²) in [7, 11) is -4.50. The summed E-state index contributed by atoms with van der Waals surface area (Å²) in [5.74, 6) is -1.80. The van der Waals surface area contributed by atoms with E-state index in [1.807, 2.05) is 32.9 Å². The number of carbonyl (C=O) groups excluding carboxylic acids is 3. The average molecular weight is 769 g/mol. The minimum absolute atomic E-state index is 0.0517. The van der Waals surface area contributed by atoms with E-state index in [0.29, 0.717) is 18.4 Å². The SMILES string of the molecule is CCC(=O)O[C@H]1[C@@H](OC(=O)CC)[C@](C#N)(c2ccc3c(N)ncnn23)O[C@@H]1COP(=O)(N[C@@H](C)C(=O)OC1CC(C)(C)C1)Oc1ccc(C(C)(C)C)cc1. The number of aromatic nitrogens is 3. The number of nitrogens with two attached hydrogens (primary N) is 1. The van der Waals surface area contributed by atoms with Crippen molar-refractivity contribution in [2.75, 3.05) is 12.3 Å². The summed E-state index contributed by atoms with van der Waals surface area (Å²) in [4.78, 5) is 42.9. The summed E-state index contributed by atoms with van der Waals surface area (Å²) in [6.45, 7) is 14.3. The third kappa shape index (κ3) is 8.70. The van der Waals surface area contributed by atoms with Gasteiger partial charge in [0, 0.05) is 12.8 Å². The van der Waals surface area contributed by atoms with Crippen molar-refractivity contribution in [1.82, 2.24) is 19.7 Å². The first-order valence-corrected chi connectivity index (χ1v) is 19.5. The highest BCUT2D eigenvalue weighted by Crippen LogP contribution is 2.49. The number of nitriles is 1. The van der Waals surface area contributed by atoms with Crippen LogP contribution in [0.15, 0.2) is 42.7 Å². The van der Waals surface area contributed by atoms with Crippen LogP contribution in [0.2, 0.25) is 0 Å². The number of carbonyl (C=O) groups is 3. The molecule has 3 heterocycles. The molecule has 3 aromatic rings. The Hall–Kier alpha value is -4.55. The summed E-state index contributed by atoms with van der Waals surface area (Å²) in [5, 5.41) is 17.8. The Morgan fingerprint density at radius 1 is 1.07 bits per heavy atom. The van der Waals surface area contributed by atoms with Gasteiger partial charge in [0.25, 0.3) is 0 Å². The molecule has 0 radical (unpaired) electrons. The number of nitrogen functional groups attached to an aromatic ring is 1. The Kier molecular flexibility index (Phi) is 11.8. The first kappa shape index (κ1) is 40.6. The molecule has 16 nitrogen and oxygen atoms in total. The van der Waals surface area contributed by atoms with E-state index in [1.54, 1.807) is 32.0 Å². The standard InChI is InChI=1S/C37H49N6O10P/c1-9-29(44)50-31-27(52-37(20-38,32(31)51-30(45)10-2)28-16-15-26-33(39)40-21-41-43(26)28)19-48-54(47,53-24-13-11-23(12-14-24)35(4,5)6)42-22(3)34(46)49-25-17-36(7,8)18-25/h11-16,21-22,25,27,31-32H,9-10,17-19H2,1-8H3,(H,42,47)(H2,39,40,41)/t22-,27+,31+,32+,37-,54?/m0/s1. The number of ether oxygens (including phenoxy) is 4. The number of hydrogen-bond donors (Lipinski definition) is 2. The van der Waals surface area contributed by atoms with Crippen molar-refractivity contribution < 1.29 is 46.9 Å². The Bertz CT molecular complexity index is 1950. The van der Waals surface area contributed by atoms with E-state index >= 15 is 0 Å². The first-order valence-electron chi connectivity index (χ1n) is 17.9. The maximum atomic E-state index is 14.7. The molecule has 2 fully saturated rings. The molecular weight excluding hydrogens is 719 g/mol. The van der Waals surface area contributed by atoms with Gasteiger partial charge in [-0.3, -0.25) is 18.9 Å².